The number of nitriles is 1. The van der Waals surface area contributed by atoms with Gasteiger partial charge in [-0.25, -0.2) is 0 Å². The molecule has 0 bridgehead atoms. The van der Waals surface area contributed by atoms with Gasteiger partial charge in [-0.15, -0.1) is 0 Å². The minimum atomic E-state index is -0.871. The van der Waals surface area contributed by atoms with Crippen molar-refractivity contribution >= 4 is 12.6 Å². The normalized spacial score (nSPS) is 12.8. The first kappa shape index (κ1) is 17.3. The van der Waals surface area contributed by atoms with E-state index < -0.39 is 7.12 Å². The lowest BCUT2D eigenvalue weighted by Gasteiger charge is -2.15. The van der Waals surface area contributed by atoms with E-state index in [1.807, 2.05) is 25.1 Å². The summed E-state index contributed by atoms with van der Waals surface area (Å²) >= 11 is 0. The molecule has 3 rings (SSSR count). The minimum Gasteiger partial charge on any atom is -0.488 e. The maximum absolute atomic E-state index is 9.69. The van der Waals surface area contributed by atoms with Gasteiger partial charge in [-0.1, -0.05) is 6.07 Å². The molecule has 1 aliphatic rings. The summed E-state index contributed by atoms with van der Waals surface area (Å²) in [4.78, 5) is 2.01. The van der Waals surface area contributed by atoms with E-state index in [1.54, 1.807) is 30.3 Å². The topological polar surface area (TPSA) is 75.0 Å². The molecule has 1 N–H and O–H groups in total. The summed E-state index contributed by atoms with van der Waals surface area (Å²) in [7, 11) is 3.06. The lowest BCUT2D eigenvalue weighted by atomic mass is 9.80. The average Bonchev–Trinajstić information content (AvgIpc) is 2.96. The lowest BCUT2D eigenvalue weighted by molar-refractivity contribution is 0.254. The van der Waals surface area contributed by atoms with Gasteiger partial charge in [0.2, 0.25) is 0 Å². The molecular formula is C18H19BN2O4. The van der Waals surface area contributed by atoms with Crippen molar-refractivity contribution in [2.75, 3.05) is 27.2 Å². The highest BCUT2D eigenvalue weighted by Crippen LogP contribution is 2.33. The Hall–Kier alpha value is -2.53. The van der Waals surface area contributed by atoms with E-state index in [4.69, 9.17) is 19.4 Å². The Morgan fingerprint density at radius 2 is 2.08 bits per heavy atom. The minimum absolute atomic E-state index is 0.354. The van der Waals surface area contributed by atoms with Crippen LogP contribution < -0.4 is 14.9 Å². The molecule has 0 amide bonds. The Bertz CT molecular complexity index is 804. The predicted molar refractivity (Wildman–Crippen MR) is 94.1 cm³/mol. The second-order valence-electron chi connectivity index (χ2n) is 6.05. The highest BCUT2D eigenvalue weighted by atomic mass is 16.5. The van der Waals surface area contributed by atoms with Crippen LogP contribution in [0.4, 0.5) is 0 Å². The van der Waals surface area contributed by atoms with Gasteiger partial charge in [0.05, 0.1) is 18.2 Å². The van der Waals surface area contributed by atoms with Gasteiger partial charge in [0.1, 0.15) is 12.4 Å². The molecule has 128 valence electrons. The van der Waals surface area contributed by atoms with Crippen molar-refractivity contribution in [3.63, 3.8) is 0 Å². The third-order valence-electron chi connectivity index (χ3n) is 3.87. The van der Waals surface area contributed by atoms with Gasteiger partial charge in [0.25, 0.3) is 0 Å². The molecule has 0 radical (unpaired) electrons. The molecule has 1 aliphatic heterocycles. The number of benzene rings is 2. The molecule has 0 aromatic heterocycles. The van der Waals surface area contributed by atoms with Crippen molar-refractivity contribution < 1.29 is 19.2 Å². The highest BCUT2D eigenvalue weighted by molar-refractivity contribution is 6.61. The fourth-order valence-corrected chi connectivity index (χ4v) is 2.51. The number of likely N-dealkylation sites (N-methyl/N-ethyl adjacent to an activating group) is 1. The fraction of sp³-hybridized carbons (Fsp3) is 0.278. The quantitative estimate of drug-likeness (QED) is 0.805. The third kappa shape index (κ3) is 4.12. The van der Waals surface area contributed by atoms with Gasteiger partial charge in [0.15, 0.2) is 11.5 Å². The molecule has 0 saturated carbocycles. The van der Waals surface area contributed by atoms with Crippen LogP contribution in [0.1, 0.15) is 11.1 Å². The molecule has 2 aromatic rings. The van der Waals surface area contributed by atoms with Crippen molar-refractivity contribution in [1.29, 1.82) is 5.26 Å². The van der Waals surface area contributed by atoms with Crippen LogP contribution in [0.3, 0.4) is 0 Å². The number of nitrogens with zero attached hydrogens (tertiary/aromatic N) is 2. The van der Waals surface area contributed by atoms with Crippen LogP contribution in [0.2, 0.25) is 0 Å². The molecule has 25 heavy (non-hydrogen) atoms. The Balaban J connectivity index is 1.80. The third-order valence-corrected chi connectivity index (χ3v) is 3.87. The molecule has 0 spiro atoms. The van der Waals surface area contributed by atoms with Crippen LogP contribution in [0.5, 0.6) is 17.2 Å². The molecule has 0 atom stereocenters. The number of rotatable bonds is 6. The van der Waals surface area contributed by atoms with Gasteiger partial charge < -0.3 is 24.1 Å². The van der Waals surface area contributed by atoms with Crippen molar-refractivity contribution in [2.45, 2.75) is 6.61 Å². The summed E-state index contributed by atoms with van der Waals surface area (Å²) in [5, 5.41) is 18.8. The molecular weight excluding hydrogens is 319 g/mol. The summed E-state index contributed by atoms with van der Waals surface area (Å²) in [6, 6.07) is 12.6. The Kier molecular flexibility index (Phi) is 5.24. The van der Waals surface area contributed by atoms with Crippen molar-refractivity contribution in [1.82, 2.24) is 4.90 Å². The van der Waals surface area contributed by atoms with Gasteiger partial charge in [0, 0.05) is 12.6 Å². The Labute approximate surface area is 147 Å². The van der Waals surface area contributed by atoms with E-state index in [0.717, 1.165) is 17.6 Å². The largest absolute Gasteiger partial charge is 0.491 e. The lowest BCUT2D eigenvalue weighted by Crippen LogP contribution is -2.27. The van der Waals surface area contributed by atoms with Gasteiger partial charge in [-0.2, -0.15) is 5.26 Å². The standard InChI is InChI=1S/C18H19BN2O4/c1-21(2)7-8-23-18-9-13(11-20)3-6-17(18)25-15-4-5-16-14(10-15)12-24-19(16)22/h3-6,9-10,22H,7-8,12H2,1-2H3. The van der Waals surface area contributed by atoms with Gasteiger partial charge >= 0.3 is 7.12 Å². The van der Waals surface area contributed by atoms with Crippen molar-refractivity contribution in [2.24, 2.45) is 0 Å². The number of fused-ring (bicyclic) bond motifs is 1. The molecule has 6 nitrogen and oxygen atoms in total. The second-order valence-corrected chi connectivity index (χ2v) is 6.05. The Morgan fingerprint density at radius 3 is 2.84 bits per heavy atom. The SMILES string of the molecule is CN(C)CCOc1cc(C#N)ccc1Oc1ccc2c(c1)COB2O. The summed E-state index contributed by atoms with van der Waals surface area (Å²) in [6.45, 7) is 1.60. The number of hydrogen-bond donors (Lipinski definition) is 1. The van der Waals surface area contributed by atoms with Crippen LogP contribution in [0.15, 0.2) is 36.4 Å². The van der Waals surface area contributed by atoms with Crippen LogP contribution in [-0.4, -0.2) is 44.3 Å². The van der Waals surface area contributed by atoms with Crippen molar-refractivity contribution in [3.05, 3.63) is 47.5 Å². The fourth-order valence-electron chi connectivity index (χ4n) is 2.51. The van der Waals surface area contributed by atoms with Gasteiger partial charge in [-0.05, 0) is 49.4 Å². The first-order valence-electron chi connectivity index (χ1n) is 7.99. The van der Waals surface area contributed by atoms with E-state index in [2.05, 4.69) is 6.07 Å². The van der Waals surface area contributed by atoms with Crippen LogP contribution >= 0.6 is 0 Å². The highest BCUT2D eigenvalue weighted by Gasteiger charge is 2.27. The van der Waals surface area contributed by atoms with E-state index >= 15 is 0 Å². The van der Waals surface area contributed by atoms with E-state index in [0.29, 0.717) is 36.0 Å². The second kappa shape index (κ2) is 7.57. The molecule has 0 fully saturated rings. The van der Waals surface area contributed by atoms with Crippen LogP contribution in [-0.2, 0) is 11.3 Å². The number of ether oxygens (including phenoxy) is 2. The zero-order valence-corrected chi connectivity index (χ0v) is 14.2. The molecule has 2 aromatic carbocycles. The predicted octanol–water partition coefficient (Wildman–Crippen LogP) is 1.51. The zero-order chi connectivity index (χ0) is 17.8. The van der Waals surface area contributed by atoms with Crippen LogP contribution in [0.25, 0.3) is 0 Å². The van der Waals surface area contributed by atoms with Gasteiger partial charge in [-0.3, -0.25) is 0 Å². The molecule has 0 saturated heterocycles. The summed E-state index contributed by atoms with van der Waals surface area (Å²) in [6.07, 6.45) is 0. The average molecular weight is 338 g/mol. The molecule has 1 heterocycles. The summed E-state index contributed by atoms with van der Waals surface area (Å²) in [5.41, 5.74) is 2.17. The summed E-state index contributed by atoms with van der Waals surface area (Å²) < 4.78 is 16.9. The monoisotopic (exact) mass is 338 g/mol. The van der Waals surface area contributed by atoms with Crippen molar-refractivity contribution in [3.8, 4) is 23.3 Å². The van der Waals surface area contributed by atoms with Crippen LogP contribution in [0, 0.1) is 11.3 Å². The molecule has 0 unspecified atom stereocenters. The maximum Gasteiger partial charge on any atom is 0.491 e. The zero-order valence-electron chi connectivity index (χ0n) is 14.2. The van der Waals surface area contributed by atoms with E-state index in [-0.39, 0.29) is 0 Å². The first-order chi connectivity index (χ1) is 12.1. The summed E-state index contributed by atoms with van der Waals surface area (Å²) in [5.74, 6) is 1.69. The molecule has 0 aliphatic carbocycles. The van der Waals surface area contributed by atoms with E-state index in [1.165, 1.54) is 0 Å². The molecule has 7 heteroatoms. The van der Waals surface area contributed by atoms with E-state index in [9.17, 15) is 5.02 Å². The Morgan fingerprint density at radius 1 is 1.24 bits per heavy atom. The number of hydrogen-bond acceptors (Lipinski definition) is 6. The first-order valence-corrected chi connectivity index (χ1v) is 7.99. The maximum atomic E-state index is 9.69. The smallest absolute Gasteiger partial charge is 0.488 e.